The third-order valence-electron chi connectivity index (χ3n) is 2.77. The molecule has 0 bridgehead atoms. The van der Waals surface area contributed by atoms with Crippen LogP contribution in [0.25, 0.3) is 0 Å². The van der Waals surface area contributed by atoms with Crippen LogP contribution in [0.15, 0.2) is 48.8 Å². The molecular weight excluding hydrogens is 256 g/mol. The largest absolute Gasteiger partial charge is 0.468 e. The van der Waals surface area contributed by atoms with E-state index in [0.717, 1.165) is 11.3 Å². The maximum Gasteiger partial charge on any atom is 0.322 e. The highest BCUT2D eigenvalue weighted by Crippen LogP contribution is 2.20. The van der Waals surface area contributed by atoms with Crippen molar-refractivity contribution in [1.82, 2.24) is 4.98 Å². The van der Waals surface area contributed by atoms with Crippen molar-refractivity contribution in [2.45, 2.75) is 12.5 Å². The summed E-state index contributed by atoms with van der Waals surface area (Å²) in [5.74, 6) is 1.02. The number of nitrogens with two attached hydrogens (primary N) is 1. The molecule has 0 saturated carbocycles. The summed E-state index contributed by atoms with van der Waals surface area (Å²) in [4.78, 5) is 15.2. The van der Waals surface area contributed by atoms with E-state index in [0.29, 0.717) is 12.2 Å². The maximum atomic E-state index is 11.2. The van der Waals surface area contributed by atoms with Gasteiger partial charge in [-0.25, -0.2) is 0 Å². The van der Waals surface area contributed by atoms with Gasteiger partial charge >= 0.3 is 5.97 Å². The lowest BCUT2D eigenvalue weighted by atomic mass is 10.1. The molecule has 0 aliphatic carbocycles. The summed E-state index contributed by atoms with van der Waals surface area (Å²) in [7, 11) is 1.33. The number of esters is 1. The van der Waals surface area contributed by atoms with Gasteiger partial charge in [0.25, 0.3) is 0 Å². The van der Waals surface area contributed by atoms with Crippen LogP contribution < -0.4 is 10.5 Å². The van der Waals surface area contributed by atoms with E-state index >= 15 is 0 Å². The van der Waals surface area contributed by atoms with Crippen molar-refractivity contribution in [1.29, 1.82) is 0 Å². The van der Waals surface area contributed by atoms with Crippen molar-refractivity contribution in [3.05, 3.63) is 54.4 Å². The second-order valence-corrected chi connectivity index (χ2v) is 4.26. The molecule has 0 amide bonds. The van der Waals surface area contributed by atoms with Crippen LogP contribution in [0.1, 0.15) is 5.56 Å². The Morgan fingerprint density at radius 1 is 1.15 bits per heavy atom. The van der Waals surface area contributed by atoms with Gasteiger partial charge in [-0.2, -0.15) is 0 Å². The predicted octanol–water partition coefficient (Wildman–Crippen LogP) is 1.92. The number of carbonyl (C=O) groups excluding carboxylic acids is 1. The van der Waals surface area contributed by atoms with Crippen LogP contribution in [-0.4, -0.2) is 24.1 Å². The van der Waals surface area contributed by atoms with Gasteiger partial charge in [0.05, 0.1) is 7.11 Å². The van der Waals surface area contributed by atoms with E-state index < -0.39 is 12.0 Å². The van der Waals surface area contributed by atoms with Crippen LogP contribution in [0.5, 0.6) is 11.5 Å². The maximum absolute atomic E-state index is 11.2. The Balaban J connectivity index is 1.98. The van der Waals surface area contributed by atoms with Crippen molar-refractivity contribution < 1.29 is 14.3 Å². The Morgan fingerprint density at radius 3 is 2.35 bits per heavy atom. The molecule has 1 aromatic heterocycles. The third-order valence-corrected chi connectivity index (χ3v) is 2.77. The second kappa shape index (κ2) is 6.68. The number of rotatable bonds is 5. The van der Waals surface area contributed by atoms with E-state index in [1.165, 1.54) is 7.11 Å². The minimum atomic E-state index is -0.646. The second-order valence-electron chi connectivity index (χ2n) is 4.26. The zero-order valence-electron chi connectivity index (χ0n) is 11.2. The zero-order chi connectivity index (χ0) is 14.4. The first-order valence-corrected chi connectivity index (χ1v) is 6.19. The van der Waals surface area contributed by atoms with E-state index in [-0.39, 0.29) is 0 Å². The van der Waals surface area contributed by atoms with Gasteiger partial charge in [0.15, 0.2) is 0 Å². The molecule has 1 aromatic carbocycles. The average Bonchev–Trinajstić information content (AvgIpc) is 2.49. The van der Waals surface area contributed by atoms with Crippen LogP contribution in [0, 0.1) is 0 Å². The lowest BCUT2D eigenvalue weighted by molar-refractivity contribution is -0.142. The summed E-state index contributed by atoms with van der Waals surface area (Å²) in [6, 6.07) is 10.3. The Labute approximate surface area is 117 Å². The molecule has 2 rings (SSSR count). The molecule has 0 aliphatic rings. The standard InChI is InChI=1S/C15H16N2O3/c1-19-15(18)14(16)10-11-2-4-12(5-3-11)20-13-6-8-17-9-7-13/h2-9,14H,10,16H2,1H3. The predicted molar refractivity (Wildman–Crippen MR) is 74.4 cm³/mol. The fourth-order valence-electron chi connectivity index (χ4n) is 1.72. The fraction of sp³-hybridized carbons (Fsp3) is 0.200. The molecule has 5 heteroatoms. The van der Waals surface area contributed by atoms with Crippen molar-refractivity contribution >= 4 is 5.97 Å². The van der Waals surface area contributed by atoms with Crippen LogP contribution in [0.2, 0.25) is 0 Å². The van der Waals surface area contributed by atoms with Gasteiger partial charge in [-0.15, -0.1) is 0 Å². The summed E-state index contributed by atoms with van der Waals surface area (Å²) >= 11 is 0. The smallest absolute Gasteiger partial charge is 0.322 e. The van der Waals surface area contributed by atoms with Crippen LogP contribution in [0.4, 0.5) is 0 Å². The molecular formula is C15H16N2O3. The number of hydrogen-bond acceptors (Lipinski definition) is 5. The number of aromatic nitrogens is 1. The highest BCUT2D eigenvalue weighted by atomic mass is 16.5. The van der Waals surface area contributed by atoms with Crippen molar-refractivity contribution in [2.75, 3.05) is 7.11 Å². The van der Waals surface area contributed by atoms with E-state index in [1.54, 1.807) is 24.5 Å². The SMILES string of the molecule is COC(=O)C(N)Cc1ccc(Oc2ccncc2)cc1. The first-order valence-electron chi connectivity index (χ1n) is 6.19. The van der Waals surface area contributed by atoms with Crippen LogP contribution in [-0.2, 0) is 16.0 Å². The van der Waals surface area contributed by atoms with E-state index in [9.17, 15) is 4.79 Å². The third kappa shape index (κ3) is 3.80. The molecule has 1 unspecified atom stereocenters. The van der Waals surface area contributed by atoms with Crippen molar-refractivity contribution in [3.8, 4) is 11.5 Å². The average molecular weight is 272 g/mol. The van der Waals surface area contributed by atoms with Crippen LogP contribution >= 0.6 is 0 Å². The molecule has 1 atom stereocenters. The number of ether oxygens (including phenoxy) is 2. The number of benzene rings is 1. The quantitative estimate of drug-likeness (QED) is 0.842. The Hall–Kier alpha value is -2.40. The van der Waals surface area contributed by atoms with Gasteiger partial charge in [0, 0.05) is 12.4 Å². The lowest BCUT2D eigenvalue weighted by Gasteiger charge is -2.10. The van der Waals surface area contributed by atoms with Crippen molar-refractivity contribution in [2.24, 2.45) is 5.73 Å². The van der Waals surface area contributed by atoms with E-state index in [2.05, 4.69) is 9.72 Å². The monoisotopic (exact) mass is 272 g/mol. The number of nitrogens with zero attached hydrogens (tertiary/aromatic N) is 1. The summed E-state index contributed by atoms with van der Waals surface area (Å²) in [5.41, 5.74) is 6.66. The van der Waals surface area contributed by atoms with Gasteiger partial charge in [-0.1, -0.05) is 12.1 Å². The number of hydrogen-bond donors (Lipinski definition) is 1. The van der Waals surface area contributed by atoms with Gasteiger partial charge in [-0.05, 0) is 36.2 Å². The summed E-state index contributed by atoms with van der Waals surface area (Å²) < 4.78 is 10.2. The molecule has 5 nitrogen and oxygen atoms in total. The summed E-state index contributed by atoms with van der Waals surface area (Å²) in [5, 5.41) is 0. The van der Waals surface area contributed by atoms with E-state index in [1.807, 2.05) is 24.3 Å². The van der Waals surface area contributed by atoms with Gasteiger partial charge in [0.2, 0.25) is 0 Å². The number of methoxy groups -OCH3 is 1. The summed E-state index contributed by atoms with van der Waals surface area (Å²) in [6.07, 6.45) is 3.76. The fourth-order valence-corrected chi connectivity index (χ4v) is 1.72. The number of pyridine rings is 1. The highest BCUT2D eigenvalue weighted by molar-refractivity contribution is 5.75. The highest BCUT2D eigenvalue weighted by Gasteiger charge is 2.14. The molecule has 104 valence electrons. The molecule has 0 fully saturated rings. The zero-order valence-corrected chi connectivity index (χ0v) is 11.2. The Bertz CT molecular complexity index is 555. The van der Waals surface area contributed by atoms with Crippen molar-refractivity contribution in [3.63, 3.8) is 0 Å². The molecule has 20 heavy (non-hydrogen) atoms. The molecule has 2 N–H and O–H groups in total. The molecule has 0 saturated heterocycles. The molecule has 0 radical (unpaired) electrons. The lowest BCUT2D eigenvalue weighted by Crippen LogP contribution is -2.33. The first kappa shape index (κ1) is 14.0. The molecule has 2 aromatic rings. The normalized spacial score (nSPS) is 11.7. The van der Waals surface area contributed by atoms with E-state index in [4.69, 9.17) is 10.5 Å². The van der Waals surface area contributed by atoms with Crippen LogP contribution in [0.3, 0.4) is 0 Å². The summed E-state index contributed by atoms with van der Waals surface area (Å²) in [6.45, 7) is 0. The number of carbonyl (C=O) groups is 1. The van der Waals surface area contributed by atoms with Gasteiger partial charge < -0.3 is 15.2 Å². The Morgan fingerprint density at radius 2 is 1.75 bits per heavy atom. The molecule has 0 aliphatic heterocycles. The molecule has 0 spiro atoms. The van der Waals surface area contributed by atoms with Gasteiger partial charge in [0.1, 0.15) is 17.5 Å². The first-order chi connectivity index (χ1) is 9.69. The minimum Gasteiger partial charge on any atom is -0.468 e. The topological polar surface area (TPSA) is 74.4 Å². The Kier molecular flexibility index (Phi) is 4.68. The molecule has 1 heterocycles. The van der Waals surface area contributed by atoms with Gasteiger partial charge in [-0.3, -0.25) is 9.78 Å². The minimum absolute atomic E-state index is 0.415.